The van der Waals surface area contributed by atoms with Crippen LogP contribution >= 0.6 is 0 Å². The summed E-state index contributed by atoms with van der Waals surface area (Å²) in [6, 6.07) is 0. The first-order valence-electron chi connectivity index (χ1n) is 10.4. The standard InChI is InChI=1S/C11H22Si.C7H11NO.C5H9NO/c1-8-12(9(2)3,10(4)5)11(6)7;1-3-7(9)4-5-8(2)6-7;1-6-3-2-5(7)4-6/h1,9-11H,2-7H3;1,9H,4-6H2,2H3;2-4H2,1H3. The largest absolute Gasteiger partial charge is 0.376 e. The zero-order valence-electron chi connectivity index (χ0n) is 19.4. The lowest BCUT2D eigenvalue weighted by molar-refractivity contribution is -0.116. The van der Waals surface area contributed by atoms with Gasteiger partial charge in [-0.25, -0.2) is 0 Å². The molecule has 1 N–H and O–H groups in total. The van der Waals surface area contributed by atoms with Crippen LogP contribution in [0.5, 0.6) is 0 Å². The number of terminal acetylenes is 2. The van der Waals surface area contributed by atoms with Crippen LogP contribution in [0.15, 0.2) is 0 Å². The Kier molecular flexibility index (Phi) is 11.3. The van der Waals surface area contributed by atoms with Crippen LogP contribution in [0.2, 0.25) is 16.6 Å². The van der Waals surface area contributed by atoms with Gasteiger partial charge in [-0.3, -0.25) is 9.69 Å². The van der Waals surface area contributed by atoms with E-state index in [1.165, 1.54) is 0 Å². The average Bonchev–Trinajstić information content (AvgIpc) is 3.13. The Balaban J connectivity index is 0.000000404. The van der Waals surface area contributed by atoms with Crippen LogP contribution in [0.25, 0.3) is 0 Å². The van der Waals surface area contributed by atoms with Crippen molar-refractivity contribution in [1.82, 2.24) is 9.80 Å². The molecule has 4 nitrogen and oxygen atoms in total. The third kappa shape index (κ3) is 7.72. The number of carbonyl (C=O) groups excluding carboxylic acids is 1. The predicted molar refractivity (Wildman–Crippen MR) is 123 cm³/mol. The van der Waals surface area contributed by atoms with Crippen LogP contribution in [-0.2, 0) is 4.79 Å². The first kappa shape index (κ1) is 26.9. The van der Waals surface area contributed by atoms with Crippen LogP contribution < -0.4 is 0 Å². The number of β-amino-alcohol motifs (C(OH)–C–C–N with tert-alkyl or cyclic N) is 1. The molecular formula is C23H42N2O2Si. The minimum absolute atomic E-state index is 0.377. The first-order chi connectivity index (χ1) is 12.8. The number of hydrogen-bond donors (Lipinski definition) is 1. The fourth-order valence-corrected chi connectivity index (χ4v) is 9.37. The Labute approximate surface area is 175 Å². The smallest absolute Gasteiger partial charge is 0.148 e. The Hall–Kier alpha value is -1.11. The van der Waals surface area contributed by atoms with E-state index < -0.39 is 13.7 Å². The van der Waals surface area contributed by atoms with Gasteiger partial charge in [-0.1, -0.05) is 47.5 Å². The third-order valence-corrected chi connectivity index (χ3v) is 12.3. The monoisotopic (exact) mass is 406 g/mol. The van der Waals surface area contributed by atoms with Crippen LogP contribution in [0.1, 0.15) is 54.4 Å². The van der Waals surface area contributed by atoms with Gasteiger partial charge in [0.1, 0.15) is 19.5 Å². The van der Waals surface area contributed by atoms with Gasteiger partial charge >= 0.3 is 0 Å². The molecule has 2 saturated heterocycles. The maximum Gasteiger partial charge on any atom is 0.148 e. The molecule has 0 amide bonds. The van der Waals surface area contributed by atoms with Crippen molar-refractivity contribution >= 4 is 13.9 Å². The van der Waals surface area contributed by atoms with Gasteiger partial charge in [0.25, 0.3) is 0 Å². The van der Waals surface area contributed by atoms with Crippen molar-refractivity contribution in [2.75, 3.05) is 40.3 Å². The lowest BCUT2D eigenvalue weighted by Gasteiger charge is -2.37. The van der Waals surface area contributed by atoms with Gasteiger partial charge in [0, 0.05) is 32.5 Å². The molecule has 0 aromatic rings. The number of aliphatic hydroxyl groups is 1. The van der Waals surface area contributed by atoms with Gasteiger partial charge in [0.05, 0.1) is 6.54 Å². The minimum atomic E-state index is -1.47. The quantitative estimate of drug-likeness (QED) is 0.576. The highest BCUT2D eigenvalue weighted by Crippen LogP contribution is 2.40. The highest BCUT2D eigenvalue weighted by Gasteiger charge is 2.41. The molecule has 28 heavy (non-hydrogen) atoms. The number of carbonyl (C=O) groups is 1. The minimum Gasteiger partial charge on any atom is -0.376 e. The van der Waals surface area contributed by atoms with Crippen molar-refractivity contribution in [1.29, 1.82) is 0 Å². The molecule has 2 fully saturated rings. The fourth-order valence-electron chi connectivity index (χ4n) is 4.37. The molecule has 1 atom stereocenters. The summed E-state index contributed by atoms with van der Waals surface area (Å²) in [7, 11) is 2.44. The van der Waals surface area contributed by atoms with Gasteiger partial charge < -0.3 is 10.0 Å². The summed E-state index contributed by atoms with van der Waals surface area (Å²) in [5, 5.41) is 9.39. The van der Waals surface area contributed by atoms with E-state index in [9.17, 15) is 9.90 Å². The molecule has 0 saturated carbocycles. The van der Waals surface area contributed by atoms with E-state index >= 15 is 0 Å². The number of nitrogens with zero attached hydrogens (tertiary/aromatic N) is 2. The molecule has 2 heterocycles. The number of likely N-dealkylation sites (tertiary alicyclic amines) is 2. The SMILES string of the molecule is C#CC1(O)CCN(C)C1.C#C[Si](C(C)C)(C(C)C)C(C)C.CN1CCC(=O)C1. The van der Waals surface area contributed by atoms with Crippen LogP contribution in [0.3, 0.4) is 0 Å². The van der Waals surface area contributed by atoms with Gasteiger partial charge in [-0.2, -0.15) is 0 Å². The molecule has 2 aliphatic heterocycles. The van der Waals surface area contributed by atoms with Crippen molar-refractivity contribution < 1.29 is 9.90 Å². The van der Waals surface area contributed by atoms with E-state index in [1.54, 1.807) is 0 Å². The number of hydrogen-bond acceptors (Lipinski definition) is 4. The molecule has 0 aliphatic carbocycles. The summed E-state index contributed by atoms with van der Waals surface area (Å²) in [4.78, 5) is 14.5. The molecule has 2 rings (SSSR count). The van der Waals surface area contributed by atoms with Crippen molar-refractivity contribution in [3.8, 4) is 24.3 Å². The highest BCUT2D eigenvalue weighted by atomic mass is 28.3. The molecule has 0 spiro atoms. The van der Waals surface area contributed by atoms with Crippen LogP contribution in [0.4, 0.5) is 0 Å². The van der Waals surface area contributed by atoms with Crippen molar-refractivity contribution in [2.24, 2.45) is 0 Å². The highest BCUT2D eigenvalue weighted by molar-refractivity contribution is 6.90. The Morgan fingerprint density at radius 3 is 1.61 bits per heavy atom. The number of ketones is 1. The van der Waals surface area contributed by atoms with E-state index in [2.05, 4.69) is 53.0 Å². The van der Waals surface area contributed by atoms with E-state index in [0.717, 1.165) is 19.5 Å². The zero-order chi connectivity index (χ0) is 22.1. The van der Waals surface area contributed by atoms with E-state index in [4.69, 9.17) is 12.8 Å². The third-order valence-electron chi connectivity index (χ3n) is 6.04. The van der Waals surface area contributed by atoms with Crippen LogP contribution in [-0.4, -0.2) is 74.6 Å². The Bertz CT molecular complexity index is 552. The second-order valence-corrected chi connectivity index (χ2v) is 14.9. The summed E-state index contributed by atoms with van der Waals surface area (Å²) < 4.78 is 0. The van der Waals surface area contributed by atoms with E-state index in [-0.39, 0.29) is 0 Å². The lowest BCUT2D eigenvalue weighted by atomic mass is 10.1. The van der Waals surface area contributed by atoms with Crippen molar-refractivity contribution in [3.63, 3.8) is 0 Å². The Morgan fingerprint density at radius 1 is 1.00 bits per heavy atom. The summed E-state index contributed by atoms with van der Waals surface area (Å²) in [5.74, 6) is 2.76. The summed E-state index contributed by atoms with van der Waals surface area (Å²) in [6.07, 6.45) is 12.3. The van der Waals surface area contributed by atoms with Gasteiger partial charge in [0.2, 0.25) is 0 Å². The molecule has 0 aromatic carbocycles. The molecule has 2 aliphatic rings. The maximum absolute atomic E-state index is 10.4. The van der Waals surface area contributed by atoms with Crippen molar-refractivity contribution in [3.05, 3.63) is 0 Å². The lowest BCUT2D eigenvalue weighted by Crippen LogP contribution is -2.43. The number of rotatable bonds is 3. The summed E-state index contributed by atoms with van der Waals surface area (Å²) in [6.45, 7) is 16.8. The topological polar surface area (TPSA) is 43.8 Å². The fraction of sp³-hybridized carbons (Fsp3) is 0.783. The first-order valence-corrected chi connectivity index (χ1v) is 12.6. The molecular weight excluding hydrogens is 364 g/mol. The Morgan fingerprint density at radius 2 is 1.50 bits per heavy atom. The predicted octanol–water partition coefficient (Wildman–Crippen LogP) is 3.41. The molecule has 0 aromatic heterocycles. The second kappa shape index (κ2) is 11.8. The number of likely N-dealkylation sites (N-methyl/N-ethyl adjacent to an activating group) is 2. The molecule has 1 unspecified atom stereocenters. The second-order valence-electron chi connectivity index (χ2n) is 9.23. The molecule has 0 radical (unpaired) electrons. The summed E-state index contributed by atoms with van der Waals surface area (Å²) in [5.41, 5.74) is 4.40. The maximum atomic E-state index is 10.4. The molecule has 160 valence electrons. The molecule has 5 heteroatoms. The van der Waals surface area contributed by atoms with Gasteiger partial charge in [-0.15, -0.1) is 18.4 Å². The van der Waals surface area contributed by atoms with Gasteiger partial charge in [-0.05, 0) is 30.7 Å². The normalized spacial score (nSPS) is 23.1. The van der Waals surface area contributed by atoms with Gasteiger partial charge in [0.15, 0.2) is 0 Å². The average molecular weight is 407 g/mol. The number of Topliss-reactive ketones (excluding diaryl/α,β-unsaturated/α-hetero) is 1. The summed E-state index contributed by atoms with van der Waals surface area (Å²) >= 11 is 0. The van der Waals surface area contributed by atoms with Crippen LogP contribution in [0, 0.1) is 24.3 Å². The van der Waals surface area contributed by atoms with E-state index in [0.29, 0.717) is 41.9 Å². The van der Waals surface area contributed by atoms with Crippen molar-refractivity contribution in [2.45, 2.75) is 76.6 Å². The molecule has 0 bridgehead atoms. The van der Waals surface area contributed by atoms with E-state index in [1.807, 2.05) is 23.9 Å². The zero-order valence-corrected chi connectivity index (χ0v) is 20.4.